The quantitative estimate of drug-likeness (QED) is 0.611. The third kappa shape index (κ3) is 5.70. The van der Waals surface area contributed by atoms with E-state index in [9.17, 15) is 13.2 Å². The molecule has 1 aromatic carbocycles. The number of primary sulfonamides is 1. The number of rotatable bonds is 8. The van der Waals surface area contributed by atoms with Gasteiger partial charge in [0.1, 0.15) is 0 Å². The van der Waals surface area contributed by atoms with Gasteiger partial charge in [0, 0.05) is 12.2 Å². The van der Waals surface area contributed by atoms with Gasteiger partial charge in [-0.3, -0.25) is 0 Å². The van der Waals surface area contributed by atoms with Gasteiger partial charge in [-0.15, -0.1) is 0 Å². The molecule has 118 valence electrons. The van der Waals surface area contributed by atoms with E-state index in [1.807, 2.05) is 14.1 Å². The number of nitrogens with two attached hydrogens (primary N) is 1. The fourth-order valence-corrected chi connectivity index (χ4v) is 2.35. The van der Waals surface area contributed by atoms with E-state index in [-0.39, 0.29) is 10.5 Å². The molecule has 0 fully saturated rings. The fourth-order valence-electron chi connectivity index (χ4n) is 1.81. The molecule has 1 aromatic rings. The van der Waals surface area contributed by atoms with Crippen LogP contribution in [0.2, 0.25) is 0 Å². The average molecular weight is 315 g/mol. The van der Waals surface area contributed by atoms with Crippen LogP contribution in [0, 0.1) is 0 Å². The lowest BCUT2D eigenvalue weighted by Crippen LogP contribution is -2.16. The Balaban J connectivity index is 2.76. The van der Waals surface area contributed by atoms with Crippen molar-refractivity contribution < 1.29 is 18.3 Å². The predicted molar refractivity (Wildman–Crippen MR) is 81.1 cm³/mol. The zero-order valence-electron chi connectivity index (χ0n) is 12.2. The van der Waals surface area contributed by atoms with Crippen LogP contribution in [0.15, 0.2) is 23.1 Å². The van der Waals surface area contributed by atoms with E-state index in [0.717, 1.165) is 25.5 Å². The van der Waals surface area contributed by atoms with Crippen LogP contribution in [0.5, 0.6) is 0 Å². The summed E-state index contributed by atoms with van der Waals surface area (Å²) in [4.78, 5) is 13.1. The number of carbonyl (C=O) groups is 1. The second kappa shape index (κ2) is 7.39. The second-order valence-electron chi connectivity index (χ2n) is 4.99. The summed E-state index contributed by atoms with van der Waals surface area (Å²) in [6.45, 7) is 1.57. The fraction of sp³-hybridized carbons (Fsp3) is 0.462. The van der Waals surface area contributed by atoms with E-state index in [2.05, 4.69) is 10.2 Å². The highest BCUT2D eigenvalue weighted by Crippen LogP contribution is 2.20. The summed E-state index contributed by atoms with van der Waals surface area (Å²) in [6.07, 6.45) is 1.87. The van der Waals surface area contributed by atoms with Gasteiger partial charge < -0.3 is 15.3 Å². The summed E-state index contributed by atoms with van der Waals surface area (Å²) in [6, 6.07) is 3.79. The summed E-state index contributed by atoms with van der Waals surface area (Å²) >= 11 is 0. The second-order valence-corrected chi connectivity index (χ2v) is 6.56. The van der Waals surface area contributed by atoms with Gasteiger partial charge in [-0.2, -0.15) is 0 Å². The maximum atomic E-state index is 11.2. The number of anilines is 1. The number of benzene rings is 1. The lowest BCUT2D eigenvalue weighted by atomic mass is 10.1. The van der Waals surface area contributed by atoms with Crippen molar-refractivity contribution in [1.29, 1.82) is 0 Å². The van der Waals surface area contributed by atoms with Crippen LogP contribution in [0.3, 0.4) is 0 Å². The van der Waals surface area contributed by atoms with Crippen LogP contribution in [-0.2, 0) is 10.0 Å². The first kappa shape index (κ1) is 17.4. The minimum atomic E-state index is -3.91. The van der Waals surface area contributed by atoms with Crippen molar-refractivity contribution in [2.24, 2.45) is 5.14 Å². The van der Waals surface area contributed by atoms with Crippen molar-refractivity contribution in [3.63, 3.8) is 0 Å². The molecular weight excluding hydrogens is 294 g/mol. The molecule has 0 spiro atoms. The topological polar surface area (TPSA) is 113 Å². The van der Waals surface area contributed by atoms with Gasteiger partial charge in [0.2, 0.25) is 10.0 Å². The Morgan fingerprint density at radius 1 is 1.33 bits per heavy atom. The van der Waals surface area contributed by atoms with E-state index >= 15 is 0 Å². The monoisotopic (exact) mass is 315 g/mol. The van der Waals surface area contributed by atoms with Crippen molar-refractivity contribution in [3.8, 4) is 0 Å². The van der Waals surface area contributed by atoms with Crippen LogP contribution in [0.1, 0.15) is 23.2 Å². The van der Waals surface area contributed by atoms with E-state index in [1.54, 1.807) is 0 Å². The van der Waals surface area contributed by atoms with Crippen LogP contribution >= 0.6 is 0 Å². The van der Waals surface area contributed by atoms with Crippen LogP contribution in [0.25, 0.3) is 0 Å². The third-order valence-electron chi connectivity index (χ3n) is 2.90. The standard InChI is InChI=1S/C13H21N3O4S/c1-16(2)8-4-3-7-15-12-6-5-10(21(14,19)20)9-11(12)13(17)18/h5-6,9,15H,3-4,7-8H2,1-2H3,(H,17,18)(H2,14,19,20). The number of hydrogen-bond acceptors (Lipinski definition) is 5. The summed E-state index contributed by atoms with van der Waals surface area (Å²) in [7, 11) is 0.0652. The lowest BCUT2D eigenvalue weighted by Gasteiger charge is -2.12. The number of unbranched alkanes of at least 4 members (excludes halogenated alkanes) is 1. The smallest absolute Gasteiger partial charge is 0.337 e. The molecule has 0 atom stereocenters. The van der Waals surface area contributed by atoms with Crippen molar-refractivity contribution in [1.82, 2.24) is 4.90 Å². The van der Waals surface area contributed by atoms with Crippen molar-refractivity contribution in [2.45, 2.75) is 17.7 Å². The number of sulfonamides is 1. The molecule has 0 unspecified atom stereocenters. The summed E-state index contributed by atoms with van der Waals surface area (Å²) in [5.74, 6) is -1.20. The first-order chi connectivity index (χ1) is 9.71. The van der Waals surface area contributed by atoms with Gasteiger partial charge in [-0.25, -0.2) is 18.4 Å². The molecule has 0 heterocycles. The van der Waals surface area contributed by atoms with Gasteiger partial charge in [-0.05, 0) is 51.7 Å². The summed E-state index contributed by atoms with van der Waals surface area (Å²) in [5, 5.41) is 17.2. The van der Waals surface area contributed by atoms with Crippen LogP contribution < -0.4 is 10.5 Å². The Morgan fingerprint density at radius 3 is 2.52 bits per heavy atom. The van der Waals surface area contributed by atoms with Crippen molar-refractivity contribution >= 4 is 21.7 Å². The normalized spacial score (nSPS) is 11.6. The molecule has 0 aliphatic carbocycles. The highest BCUT2D eigenvalue weighted by atomic mass is 32.2. The first-order valence-electron chi connectivity index (χ1n) is 6.50. The van der Waals surface area contributed by atoms with E-state index < -0.39 is 16.0 Å². The number of nitrogens with one attached hydrogen (secondary N) is 1. The summed E-state index contributed by atoms with van der Waals surface area (Å²) in [5.41, 5.74) is 0.286. The predicted octanol–water partition coefficient (Wildman–Crippen LogP) is 0.786. The van der Waals surface area contributed by atoms with Gasteiger partial charge in [0.25, 0.3) is 0 Å². The van der Waals surface area contributed by atoms with Gasteiger partial charge in [0.05, 0.1) is 10.5 Å². The molecule has 0 aromatic heterocycles. The molecule has 0 bridgehead atoms. The SMILES string of the molecule is CN(C)CCCCNc1ccc(S(N)(=O)=O)cc1C(=O)O. The molecule has 0 amide bonds. The molecule has 0 aliphatic rings. The summed E-state index contributed by atoms with van der Waals surface area (Å²) < 4.78 is 22.5. The highest BCUT2D eigenvalue weighted by molar-refractivity contribution is 7.89. The molecule has 1 rings (SSSR count). The van der Waals surface area contributed by atoms with Crippen molar-refractivity contribution in [3.05, 3.63) is 23.8 Å². The molecule has 0 radical (unpaired) electrons. The van der Waals surface area contributed by atoms with Gasteiger partial charge in [-0.1, -0.05) is 0 Å². The maximum Gasteiger partial charge on any atom is 0.337 e. The van der Waals surface area contributed by atoms with Gasteiger partial charge >= 0.3 is 5.97 Å². The first-order valence-corrected chi connectivity index (χ1v) is 8.05. The van der Waals surface area contributed by atoms with E-state index in [1.165, 1.54) is 12.1 Å². The Kier molecular flexibility index (Phi) is 6.13. The van der Waals surface area contributed by atoms with E-state index in [0.29, 0.717) is 12.2 Å². The molecule has 7 nitrogen and oxygen atoms in total. The zero-order chi connectivity index (χ0) is 16.0. The molecule has 0 saturated heterocycles. The molecule has 4 N–H and O–H groups in total. The Labute approximate surface area is 124 Å². The Hall–Kier alpha value is -1.64. The number of carboxylic acids is 1. The molecular formula is C13H21N3O4S. The minimum Gasteiger partial charge on any atom is -0.478 e. The number of nitrogens with zero attached hydrogens (tertiary/aromatic N) is 1. The zero-order valence-corrected chi connectivity index (χ0v) is 13.0. The maximum absolute atomic E-state index is 11.2. The minimum absolute atomic E-state index is 0.103. The molecule has 8 heteroatoms. The lowest BCUT2D eigenvalue weighted by molar-refractivity contribution is 0.0697. The third-order valence-corrected chi connectivity index (χ3v) is 3.81. The van der Waals surface area contributed by atoms with Crippen LogP contribution in [-0.4, -0.2) is 51.6 Å². The number of carboxylic acid groups (broad SMARTS) is 1. The molecule has 0 saturated carbocycles. The molecule has 0 aliphatic heterocycles. The van der Waals surface area contributed by atoms with E-state index in [4.69, 9.17) is 10.2 Å². The highest BCUT2D eigenvalue weighted by Gasteiger charge is 2.15. The van der Waals surface area contributed by atoms with Gasteiger partial charge in [0.15, 0.2) is 0 Å². The number of hydrogen-bond donors (Lipinski definition) is 3. The average Bonchev–Trinajstić information content (AvgIpc) is 2.36. The Morgan fingerprint density at radius 2 is 2.00 bits per heavy atom. The number of aromatic carboxylic acids is 1. The van der Waals surface area contributed by atoms with Crippen molar-refractivity contribution in [2.75, 3.05) is 32.5 Å². The molecule has 21 heavy (non-hydrogen) atoms. The van der Waals surface area contributed by atoms with Crippen LogP contribution in [0.4, 0.5) is 5.69 Å². The Bertz CT molecular complexity index is 599. The largest absolute Gasteiger partial charge is 0.478 e.